The zero-order chi connectivity index (χ0) is 22.7. The number of nitrogens with one attached hydrogen (secondary N) is 1. The van der Waals surface area contributed by atoms with Crippen LogP contribution in [0.1, 0.15) is 30.3 Å². The maximum Gasteiger partial charge on any atom is 0.243 e. The van der Waals surface area contributed by atoms with Crippen LogP contribution in [0.5, 0.6) is 0 Å². The van der Waals surface area contributed by atoms with Gasteiger partial charge < -0.3 is 9.88 Å². The van der Waals surface area contributed by atoms with Crippen LogP contribution in [0.15, 0.2) is 71.9 Å². The van der Waals surface area contributed by atoms with Crippen LogP contribution in [-0.2, 0) is 21.9 Å². The number of aryl methyl sites for hydroxylation is 1. The molecule has 1 saturated heterocycles. The number of hydrogen-bond donors (Lipinski definition) is 1. The van der Waals surface area contributed by atoms with E-state index in [1.807, 2.05) is 48.1 Å². The van der Waals surface area contributed by atoms with E-state index in [1.165, 1.54) is 16.4 Å². The quantitative estimate of drug-likeness (QED) is 0.618. The standard InChI is InChI=1S/C23H25FN4O3S/c1-27-16-13-25-22(27)21(17-5-3-2-4-6-17)26-23(29)18-11-14-28(15-12-18)32(30,31)20-9-7-19(24)8-10-20/h2-10,13,16,18,21H,11-12,14-15H2,1H3,(H,26,29)/t21-/m0/s1. The van der Waals surface area contributed by atoms with E-state index in [0.717, 1.165) is 23.5 Å². The topological polar surface area (TPSA) is 84.3 Å². The van der Waals surface area contributed by atoms with Crippen LogP contribution < -0.4 is 5.32 Å². The van der Waals surface area contributed by atoms with Crippen LogP contribution in [0.4, 0.5) is 4.39 Å². The minimum Gasteiger partial charge on any atom is -0.342 e. The van der Waals surface area contributed by atoms with Gasteiger partial charge in [0.25, 0.3) is 0 Å². The van der Waals surface area contributed by atoms with Crippen molar-refractivity contribution >= 4 is 15.9 Å². The van der Waals surface area contributed by atoms with Gasteiger partial charge in [-0.2, -0.15) is 4.31 Å². The second kappa shape index (κ2) is 9.22. The average Bonchev–Trinajstić information content (AvgIpc) is 3.23. The number of aromatic nitrogens is 2. The summed E-state index contributed by atoms with van der Waals surface area (Å²) in [6, 6.07) is 14.0. The predicted octanol–water partition coefficient (Wildman–Crippen LogP) is 2.87. The SMILES string of the molecule is Cn1ccnc1[C@@H](NC(=O)C1CCN(S(=O)(=O)c2ccc(F)cc2)CC1)c1ccccc1. The molecule has 0 aliphatic carbocycles. The van der Waals surface area contributed by atoms with Gasteiger partial charge in [-0.1, -0.05) is 30.3 Å². The first kappa shape index (κ1) is 22.2. The third-order valence-corrected chi connectivity index (χ3v) is 7.73. The maximum absolute atomic E-state index is 13.2. The van der Waals surface area contributed by atoms with Crippen molar-refractivity contribution in [3.05, 3.63) is 84.2 Å². The predicted molar refractivity (Wildman–Crippen MR) is 118 cm³/mol. The molecule has 1 aromatic heterocycles. The number of carbonyl (C=O) groups is 1. The van der Waals surface area contributed by atoms with Crippen LogP contribution in [0.25, 0.3) is 0 Å². The fourth-order valence-electron chi connectivity index (χ4n) is 3.97. The molecule has 0 spiro atoms. The first-order chi connectivity index (χ1) is 15.4. The van der Waals surface area contributed by atoms with E-state index in [4.69, 9.17) is 0 Å². The van der Waals surface area contributed by atoms with Crippen LogP contribution >= 0.6 is 0 Å². The molecule has 1 N–H and O–H groups in total. The summed E-state index contributed by atoms with van der Waals surface area (Å²) in [5, 5.41) is 3.11. The number of rotatable bonds is 6. The van der Waals surface area contributed by atoms with Gasteiger partial charge in [-0.25, -0.2) is 17.8 Å². The molecule has 32 heavy (non-hydrogen) atoms. The highest BCUT2D eigenvalue weighted by atomic mass is 32.2. The van der Waals surface area contributed by atoms with Gasteiger partial charge in [0.05, 0.1) is 4.90 Å². The Bertz CT molecular complexity index is 1170. The molecule has 1 aliphatic rings. The van der Waals surface area contributed by atoms with Gasteiger partial charge in [0, 0.05) is 38.4 Å². The Morgan fingerprint density at radius 1 is 1.09 bits per heavy atom. The summed E-state index contributed by atoms with van der Waals surface area (Å²) in [6.45, 7) is 0.465. The molecule has 0 radical (unpaired) electrons. The smallest absolute Gasteiger partial charge is 0.243 e. The average molecular weight is 457 g/mol. The van der Waals surface area contributed by atoms with Gasteiger partial charge in [-0.15, -0.1) is 0 Å². The third kappa shape index (κ3) is 4.58. The molecule has 2 heterocycles. The Morgan fingerprint density at radius 2 is 1.75 bits per heavy atom. The molecule has 9 heteroatoms. The highest BCUT2D eigenvalue weighted by Crippen LogP contribution is 2.26. The molecule has 168 valence electrons. The van der Waals surface area contributed by atoms with Crippen molar-refractivity contribution in [2.45, 2.75) is 23.8 Å². The fraction of sp³-hybridized carbons (Fsp3) is 0.304. The molecule has 2 aromatic carbocycles. The first-order valence-electron chi connectivity index (χ1n) is 10.4. The second-order valence-electron chi connectivity index (χ2n) is 7.88. The lowest BCUT2D eigenvalue weighted by molar-refractivity contribution is -0.126. The maximum atomic E-state index is 13.2. The van der Waals surface area contributed by atoms with Crippen LogP contribution in [0, 0.1) is 11.7 Å². The van der Waals surface area contributed by atoms with Gasteiger partial charge in [0.15, 0.2) is 0 Å². The van der Waals surface area contributed by atoms with E-state index in [1.54, 1.807) is 6.20 Å². The zero-order valence-electron chi connectivity index (χ0n) is 17.7. The summed E-state index contributed by atoms with van der Waals surface area (Å²) in [5.41, 5.74) is 0.923. The summed E-state index contributed by atoms with van der Waals surface area (Å²) in [5.74, 6) is -0.192. The molecule has 1 aliphatic heterocycles. The van der Waals surface area contributed by atoms with Crippen molar-refractivity contribution in [2.75, 3.05) is 13.1 Å². The number of piperidine rings is 1. The monoisotopic (exact) mass is 456 g/mol. The Labute approximate surface area is 186 Å². The number of nitrogens with zero attached hydrogens (tertiary/aromatic N) is 3. The largest absolute Gasteiger partial charge is 0.342 e. The van der Waals surface area contributed by atoms with E-state index in [9.17, 15) is 17.6 Å². The van der Waals surface area contributed by atoms with Crippen molar-refractivity contribution in [3.8, 4) is 0 Å². The molecule has 4 rings (SSSR count). The van der Waals surface area contributed by atoms with Crippen LogP contribution in [-0.4, -0.2) is 41.3 Å². The van der Waals surface area contributed by atoms with Gasteiger partial charge >= 0.3 is 0 Å². The number of halogens is 1. The first-order valence-corrected chi connectivity index (χ1v) is 11.9. The van der Waals surface area contributed by atoms with E-state index in [0.29, 0.717) is 12.8 Å². The summed E-state index contributed by atoms with van der Waals surface area (Å²) in [4.78, 5) is 17.6. The van der Waals surface area contributed by atoms with Gasteiger partial charge in [-0.3, -0.25) is 4.79 Å². The van der Waals surface area contributed by atoms with Crippen molar-refractivity contribution in [1.82, 2.24) is 19.2 Å². The summed E-state index contributed by atoms with van der Waals surface area (Å²) in [6.07, 6.45) is 4.34. The summed E-state index contributed by atoms with van der Waals surface area (Å²) >= 11 is 0. The lowest BCUT2D eigenvalue weighted by atomic mass is 9.96. The molecule has 0 unspecified atom stereocenters. The van der Waals surface area contributed by atoms with E-state index in [-0.39, 0.29) is 29.8 Å². The number of benzene rings is 2. The Hall–Kier alpha value is -3.04. The fourth-order valence-corrected chi connectivity index (χ4v) is 5.44. The van der Waals surface area contributed by atoms with Crippen molar-refractivity contribution < 1.29 is 17.6 Å². The molecular weight excluding hydrogens is 431 g/mol. The molecule has 1 amide bonds. The zero-order valence-corrected chi connectivity index (χ0v) is 18.5. The molecule has 3 aromatic rings. The Morgan fingerprint density at radius 3 is 2.34 bits per heavy atom. The highest BCUT2D eigenvalue weighted by Gasteiger charge is 2.33. The van der Waals surface area contributed by atoms with E-state index in [2.05, 4.69) is 10.3 Å². The summed E-state index contributed by atoms with van der Waals surface area (Å²) in [7, 11) is -1.84. The molecule has 7 nitrogen and oxygen atoms in total. The lowest BCUT2D eigenvalue weighted by Crippen LogP contribution is -2.44. The van der Waals surface area contributed by atoms with Gasteiger partial charge in [0.2, 0.25) is 15.9 Å². The van der Waals surface area contributed by atoms with Crippen molar-refractivity contribution in [3.63, 3.8) is 0 Å². The van der Waals surface area contributed by atoms with Gasteiger partial charge in [0.1, 0.15) is 17.7 Å². The van der Waals surface area contributed by atoms with Gasteiger partial charge in [-0.05, 0) is 42.7 Å². The number of sulfonamides is 1. The van der Waals surface area contributed by atoms with Crippen LogP contribution in [0.2, 0.25) is 0 Å². The second-order valence-corrected chi connectivity index (χ2v) is 9.82. The lowest BCUT2D eigenvalue weighted by Gasteiger charge is -2.31. The summed E-state index contributed by atoms with van der Waals surface area (Å²) < 4.78 is 42.0. The molecular formula is C23H25FN4O3S. The number of hydrogen-bond acceptors (Lipinski definition) is 4. The Kier molecular flexibility index (Phi) is 6.38. The highest BCUT2D eigenvalue weighted by molar-refractivity contribution is 7.89. The molecule has 0 saturated carbocycles. The molecule has 0 bridgehead atoms. The number of imidazole rings is 1. The van der Waals surface area contributed by atoms with E-state index < -0.39 is 21.9 Å². The number of amides is 1. The molecule has 1 fully saturated rings. The van der Waals surface area contributed by atoms with E-state index >= 15 is 0 Å². The van der Waals surface area contributed by atoms with Crippen molar-refractivity contribution in [2.24, 2.45) is 13.0 Å². The third-order valence-electron chi connectivity index (χ3n) is 5.81. The minimum absolute atomic E-state index is 0.0562. The number of carbonyl (C=O) groups excluding carboxylic acids is 1. The van der Waals surface area contributed by atoms with Crippen LogP contribution in [0.3, 0.4) is 0 Å². The minimum atomic E-state index is -3.71. The molecule has 1 atom stereocenters. The normalized spacial score (nSPS) is 16.6. The van der Waals surface area contributed by atoms with Crippen molar-refractivity contribution in [1.29, 1.82) is 0 Å². The Balaban J connectivity index is 1.44.